The van der Waals surface area contributed by atoms with E-state index in [1.165, 1.54) is 63.4 Å². The number of hydrogen-bond acceptors (Lipinski definition) is 30. The van der Waals surface area contributed by atoms with Gasteiger partial charge in [-0.05, 0) is 41.7 Å². The fourth-order valence-corrected chi connectivity index (χ4v) is 11.2. The van der Waals surface area contributed by atoms with Crippen LogP contribution in [0.25, 0.3) is 0 Å². The van der Waals surface area contributed by atoms with Crippen molar-refractivity contribution in [1.82, 2.24) is 97.2 Å². The molecule has 47 nitrogen and oxygen atoms in total. The molecule has 9 amide bonds. The molecule has 4 rings (SSSR count). The molecule has 0 saturated carbocycles. The summed E-state index contributed by atoms with van der Waals surface area (Å²) in [5.74, 6) is -7.12. The molecule has 4 heterocycles. The van der Waals surface area contributed by atoms with Gasteiger partial charge in [-0.15, -0.1) is 20.4 Å². The van der Waals surface area contributed by atoms with Crippen LogP contribution in [0.5, 0.6) is 0 Å². The van der Waals surface area contributed by atoms with Gasteiger partial charge in [0.15, 0.2) is 33.3 Å². The molecule has 0 aromatic carbocycles. The molecule has 4 aromatic heterocycles. The van der Waals surface area contributed by atoms with Gasteiger partial charge in [0.1, 0.15) is 23.7 Å². The van der Waals surface area contributed by atoms with Gasteiger partial charge in [0.05, 0.1) is 115 Å². The molecule has 0 spiro atoms. The Morgan fingerprint density at radius 1 is 0.519 bits per heavy atom. The lowest BCUT2D eigenvalue weighted by Gasteiger charge is -2.18. The van der Waals surface area contributed by atoms with E-state index in [1.54, 1.807) is 41.7 Å². The van der Waals surface area contributed by atoms with Crippen molar-refractivity contribution in [3.63, 3.8) is 0 Å². The fraction of sp³-hybridized carbons (Fsp3) is 0.604. The van der Waals surface area contributed by atoms with Crippen LogP contribution in [0.4, 0.5) is 0 Å². The number of likely N-dealkylation sites (N-methyl/N-ethyl adjacent to an activating group) is 3. The Morgan fingerprint density at radius 2 is 0.904 bits per heavy atom. The van der Waals surface area contributed by atoms with Crippen molar-refractivity contribution in [3.8, 4) is 0 Å². The van der Waals surface area contributed by atoms with Crippen molar-refractivity contribution in [2.45, 2.75) is 125 Å². The Bertz CT molecular complexity index is 3670. The number of nitrogens with one attached hydrogen (secondary N) is 7. The summed E-state index contributed by atoms with van der Waals surface area (Å²) in [7, 11) is -9.78. The van der Waals surface area contributed by atoms with E-state index < -0.39 is 131 Å². The molecular formula is C53H95N23O24P4. The molecule has 19 N–H and O–H groups in total. The zero-order chi connectivity index (χ0) is 80.3. The highest BCUT2D eigenvalue weighted by atomic mass is 31.2. The van der Waals surface area contributed by atoms with Gasteiger partial charge in [-0.3, -0.25) is 85.3 Å². The number of rotatable bonds is 39. The molecule has 51 heteroatoms. The van der Waals surface area contributed by atoms with Crippen molar-refractivity contribution >= 4 is 128 Å². The molecule has 0 saturated heterocycles. The van der Waals surface area contributed by atoms with Crippen LogP contribution in [0.3, 0.4) is 0 Å². The Kier molecular flexibility index (Phi) is 46.3. The van der Waals surface area contributed by atoms with Gasteiger partial charge in [0.2, 0.25) is 60.5 Å². The standard InChI is InChI=1S/C13H24N5O5P.2C12H18N5O7P.C12H22N5O4P.C3H8N2O.CH5N/c1-5-22-24(21,23-6-2)12-8-16-17-18(12)9-10(3)13(20)15-7-11(19)14-4;1-7(18)4-11(21)15-8(9(19)2-3-10(13)20)6-17-12(5-14-16-17)25(22,23)24;1-7(18)4-11(21)14-8(9(19)2-3-10(13)20)5-17-6-12(15-16-17)25(22,23)24;1-5-21-22(4,20)11-8-17(16-15-11)7-9(2)12(19)14-6-10(18)13-3;1-5-3(6)2-4;1-2/h8,10H,5-7,9H2,1-4H3,(H,14,19)(H,15,20);5,8H,2-4,6H2,1H3,(H2,13,20)(H,15,21)(H2,22,23,24);6,8H,2-5H2,1H3,(H2,13,20)(H,14,21)(H2,22,23,24);8-9H,5-7H2,1-4H3,(H,13,18)(H,14,19);2,4H2,1H3,(H,5,6);2H2,1H3/t10-;2*8-;9-,22?;;/m0000../s1. The van der Waals surface area contributed by atoms with Crippen molar-refractivity contribution in [1.29, 1.82) is 0 Å². The minimum absolute atomic E-state index is 0.0726. The lowest BCUT2D eigenvalue weighted by molar-refractivity contribution is -0.132. The highest BCUT2D eigenvalue weighted by Gasteiger charge is 2.34. The van der Waals surface area contributed by atoms with Crippen LogP contribution < -0.4 is 81.9 Å². The first kappa shape index (κ1) is 97.1. The maximum absolute atomic E-state index is 12.8. The van der Waals surface area contributed by atoms with Crippen LogP contribution in [0.1, 0.15) is 87.0 Å². The third kappa shape index (κ3) is 39.6. The van der Waals surface area contributed by atoms with Crippen molar-refractivity contribution < 1.29 is 114 Å². The molecule has 104 heavy (non-hydrogen) atoms. The topological polar surface area (TPSA) is 710 Å². The van der Waals surface area contributed by atoms with Gasteiger partial charge >= 0.3 is 22.8 Å². The van der Waals surface area contributed by atoms with Gasteiger partial charge in [0.25, 0.3) is 0 Å². The van der Waals surface area contributed by atoms with Crippen LogP contribution in [0.15, 0.2) is 24.8 Å². The van der Waals surface area contributed by atoms with Gasteiger partial charge in [-0.25, -0.2) is 14.0 Å². The zero-order valence-corrected chi connectivity index (χ0v) is 62.9. The van der Waals surface area contributed by atoms with E-state index >= 15 is 0 Å². The van der Waals surface area contributed by atoms with Gasteiger partial charge in [0, 0.05) is 53.5 Å². The monoisotopic (exact) mass is 1560 g/mol. The van der Waals surface area contributed by atoms with E-state index in [0.29, 0.717) is 6.61 Å². The van der Waals surface area contributed by atoms with Crippen LogP contribution >= 0.6 is 30.2 Å². The number of aromatic nitrogens is 12. The number of nitrogens with two attached hydrogens (primary N) is 4. The Hall–Kier alpha value is -8.97. The highest BCUT2D eigenvalue weighted by Crippen LogP contribution is 2.46. The molecule has 1 unspecified atom stereocenters. The Balaban J connectivity index is 0. The van der Waals surface area contributed by atoms with E-state index in [2.05, 4.69) is 84.2 Å². The predicted molar refractivity (Wildman–Crippen MR) is 366 cm³/mol. The van der Waals surface area contributed by atoms with Gasteiger partial charge in [-0.2, -0.15) is 0 Å². The Morgan fingerprint density at radius 3 is 1.27 bits per heavy atom. The summed E-state index contributed by atoms with van der Waals surface area (Å²) < 4.78 is 67.7. The van der Waals surface area contributed by atoms with Gasteiger partial charge in [-0.1, -0.05) is 34.7 Å². The molecule has 0 aliphatic rings. The van der Waals surface area contributed by atoms with E-state index in [1.807, 2.05) is 0 Å². The first-order valence-electron chi connectivity index (χ1n) is 30.9. The number of carbonyl (C=O) groups excluding carboxylic acids is 13. The minimum atomic E-state index is -4.70. The zero-order valence-electron chi connectivity index (χ0n) is 59.4. The number of ketones is 4. The molecule has 0 bridgehead atoms. The lowest BCUT2D eigenvalue weighted by atomic mass is 10.1. The van der Waals surface area contributed by atoms with Crippen molar-refractivity contribution in [2.75, 3.05) is 74.3 Å². The van der Waals surface area contributed by atoms with Crippen molar-refractivity contribution in [2.24, 2.45) is 34.8 Å². The quantitative estimate of drug-likeness (QED) is 0.0146. The fourth-order valence-electron chi connectivity index (χ4n) is 7.37. The second-order valence-electron chi connectivity index (χ2n) is 21.2. The third-order valence-corrected chi connectivity index (χ3v) is 18.1. The normalized spacial score (nSPS) is 12.6. The number of Topliss-reactive ketones (excluding diaryl/α,β-unsaturated/α-hetero) is 4. The van der Waals surface area contributed by atoms with Crippen LogP contribution in [0, 0.1) is 11.8 Å². The summed E-state index contributed by atoms with van der Waals surface area (Å²) in [4.78, 5) is 184. The molecule has 0 aliphatic heterocycles. The third-order valence-electron chi connectivity index (χ3n) is 12.4. The summed E-state index contributed by atoms with van der Waals surface area (Å²) in [6.07, 6.45) is 2.65. The minimum Gasteiger partial charge on any atom is -0.370 e. The largest absolute Gasteiger partial charge is 0.380 e. The number of amides is 9. The molecule has 4 aromatic rings. The number of carbonyl (C=O) groups is 13. The highest BCUT2D eigenvalue weighted by molar-refractivity contribution is 7.66. The first-order chi connectivity index (χ1) is 48.5. The SMILES string of the molecule is CC(=O)CC(=O)N[C@@H](Cn1cc(P(=O)(O)O)nn1)C(=O)CCC(N)=O.CC(=O)CC(=O)N[C@@H](Cn1nncc1P(=O)(O)O)C(=O)CCC(N)=O.CCOP(=O)(OCC)c1cnnn1C[C@H](C)C(=O)NCC(=O)NC.CCOP(C)(=O)c1cn(C[C@H](C)C(=O)NCC(=O)NC)nn1.CN.CNC(=O)CN. The summed E-state index contributed by atoms with van der Waals surface area (Å²) in [6.45, 7) is 12.7. The average Bonchev–Trinajstić information content (AvgIpc) is 1.63. The average molecular weight is 1560 g/mol. The first-order valence-corrected chi connectivity index (χ1v) is 37.8. The summed E-state index contributed by atoms with van der Waals surface area (Å²) in [5, 5.41) is 45.7. The smallest absolute Gasteiger partial charge is 0.370 e. The van der Waals surface area contributed by atoms with E-state index in [4.69, 9.17) is 40.6 Å². The van der Waals surface area contributed by atoms with Crippen LogP contribution in [0.2, 0.25) is 0 Å². The summed E-state index contributed by atoms with van der Waals surface area (Å²) in [6, 6.07) is -2.43. The molecule has 0 aliphatic carbocycles. The summed E-state index contributed by atoms with van der Waals surface area (Å²) >= 11 is 0. The van der Waals surface area contributed by atoms with Crippen LogP contribution in [-0.4, -0.2) is 242 Å². The second kappa shape index (κ2) is 49.6. The maximum atomic E-state index is 12.8. The maximum Gasteiger partial charge on any atom is 0.380 e. The summed E-state index contributed by atoms with van der Waals surface area (Å²) in [5.41, 5.74) is 18.6. The predicted octanol–water partition coefficient (Wildman–Crippen LogP) is -7.96. The molecule has 586 valence electrons. The molecule has 0 radical (unpaired) electrons. The van der Waals surface area contributed by atoms with E-state index in [0.717, 1.165) is 21.8 Å². The van der Waals surface area contributed by atoms with Gasteiger partial charge < -0.3 is 93.3 Å². The second-order valence-corrected chi connectivity index (χ2v) is 28.6. The molecule has 5 atom stereocenters. The van der Waals surface area contributed by atoms with Crippen molar-refractivity contribution in [3.05, 3.63) is 24.8 Å². The lowest BCUT2D eigenvalue weighted by Crippen LogP contribution is -2.45. The van der Waals surface area contributed by atoms with Crippen LogP contribution in [-0.2, 0) is 120 Å². The van der Waals surface area contributed by atoms with E-state index in [9.17, 15) is 90.4 Å². The number of hydrogen-bond donors (Lipinski definition) is 15. The molecule has 0 fully saturated rings. The number of primary amides is 2. The van der Waals surface area contributed by atoms with E-state index in [-0.39, 0.29) is 119 Å². The molecular weight excluding hydrogens is 1470 g/mol. The Labute approximate surface area is 596 Å². The number of nitrogens with zero attached hydrogens (tertiary/aromatic N) is 12.